The summed E-state index contributed by atoms with van der Waals surface area (Å²) >= 11 is 0. The van der Waals surface area contributed by atoms with E-state index in [9.17, 15) is 5.11 Å². The Bertz CT molecular complexity index is 418. The molecule has 0 bridgehead atoms. The summed E-state index contributed by atoms with van der Waals surface area (Å²) in [5, 5.41) is 18.9. The number of benzene rings is 1. The van der Waals surface area contributed by atoms with Gasteiger partial charge in [0.1, 0.15) is 0 Å². The first kappa shape index (κ1) is 12.3. The molecule has 2 nitrogen and oxygen atoms in total. The average Bonchev–Trinajstić information content (AvgIpc) is 2.29. The van der Waals surface area contributed by atoms with Gasteiger partial charge in [0.25, 0.3) is 0 Å². The van der Waals surface area contributed by atoms with Crippen molar-refractivity contribution in [2.45, 2.75) is 31.8 Å². The first-order valence-electron chi connectivity index (χ1n) is 5.26. The fraction of sp³-hybridized carbons (Fsp3) is 0.357. The maximum absolute atomic E-state index is 10.2. The Morgan fingerprint density at radius 3 is 2.50 bits per heavy atom. The van der Waals surface area contributed by atoms with Crippen LogP contribution in [0.4, 0.5) is 0 Å². The Morgan fingerprint density at radius 2 is 2.00 bits per heavy atom. The van der Waals surface area contributed by atoms with Crippen molar-refractivity contribution in [3.05, 3.63) is 35.4 Å². The molecule has 1 aromatic rings. The van der Waals surface area contributed by atoms with Gasteiger partial charge in [-0.1, -0.05) is 12.1 Å². The third kappa shape index (κ3) is 3.12. The number of aliphatic hydroxyl groups is 1. The van der Waals surface area contributed by atoms with Crippen LogP contribution in [0.5, 0.6) is 0 Å². The Kier molecular flexibility index (Phi) is 4.11. The van der Waals surface area contributed by atoms with Gasteiger partial charge in [-0.2, -0.15) is 5.26 Å². The SMILES string of the molecule is C#CCCCC(C)(O)c1ccc(C#N)cc1. The van der Waals surface area contributed by atoms with E-state index in [-0.39, 0.29) is 0 Å². The molecule has 1 rings (SSSR count). The largest absolute Gasteiger partial charge is 0.385 e. The number of nitriles is 1. The molecule has 0 amide bonds. The van der Waals surface area contributed by atoms with Crippen LogP contribution in [0.1, 0.15) is 37.3 Å². The van der Waals surface area contributed by atoms with Gasteiger partial charge in [-0.15, -0.1) is 12.3 Å². The first-order chi connectivity index (χ1) is 7.60. The predicted molar refractivity (Wildman–Crippen MR) is 63.4 cm³/mol. The standard InChI is InChI=1S/C14H15NO/c1-3-4-5-10-14(2,16)13-8-6-12(11-15)7-9-13/h1,6-9,16H,4-5,10H2,2H3. The van der Waals surface area contributed by atoms with Crippen molar-refractivity contribution in [2.24, 2.45) is 0 Å². The smallest absolute Gasteiger partial charge is 0.0991 e. The van der Waals surface area contributed by atoms with Crippen molar-refractivity contribution in [3.8, 4) is 18.4 Å². The highest BCUT2D eigenvalue weighted by molar-refractivity contribution is 5.33. The molecular weight excluding hydrogens is 198 g/mol. The quantitative estimate of drug-likeness (QED) is 0.617. The van der Waals surface area contributed by atoms with E-state index in [4.69, 9.17) is 11.7 Å². The molecule has 2 heteroatoms. The minimum Gasteiger partial charge on any atom is -0.385 e. The predicted octanol–water partition coefficient (Wildman–Crippen LogP) is 2.57. The van der Waals surface area contributed by atoms with Crippen LogP contribution in [0, 0.1) is 23.7 Å². The molecule has 1 N–H and O–H groups in total. The van der Waals surface area contributed by atoms with Gasteiger partial charge >= 0.3 is 0 Å². The summed E-state index contributed by atoms with van der Waals surface area (Å²) < 4.78 is 0. The van der Waals surface area contributed by atoms with E-state index >= 15 is 0 Å². The maximum atomic E-state index is 10.2. The Labute approximate surface area is 96.5 Å². The number of hydrogen-bond donors (Lipinski definition) is 1. The molecule has 1 aromatic carbocycles. The van der Waals surface area contributed by atoms with Crippen LogP contribution in [0.3, 0.4) is 0 Å². The number of terminal acetylenes is 1. The summed E-state index contributed by atoms with van der Waals surface area (Å²) in [5.41, 5.74) is 0.553. The summed E-state index contributed by atoms with van der Waals surface area (Å²) in [6.45, 7) is 1.77. The molecule has 0 aromatic heterocycles. The van der Waals surface area contributed by atoms with Crippen LogP contribution < -0.4 is 0 Å². The third-order valence-corrected chi connectivity index (χ3v) is 2.62. The van der Waals surface area contributed by atoms with Gasteiger partial charge in [-0.05, 0) is 37.5 Å². The Balaban J connectivity index is 2.74. The molecule has 0 aliphatic carbocycles. The lowest BCUT2D eigenvalue weighted by Gasteiger charge is -2.23. The van der Waals surface area contributed by atoms with Crippen molar-refractivity contribution >= 4 is 0 Å². The molecule has 0 heterocycles. The van der Waals surface area contributed by atoms with Crippen LogP contribution in [-0.2, 0) is 5.60 Å². The van der Waals surface area contributed by atoms with Gasteiger partial charge in [0, 0.05) is 6.42 Å². The monoisotopic (exact) mass is 213 g/mol. The highest BCUT2D eigenvalue weighted by Gasteiger charge is 2.21. The van der Waals surface area contributed by atoms with Crippen LogP contribution in [0.15, 0.2) is 24.3 Å². The van der Waals surface area contributed by atoms with Crippen LogP contribution in [0.2, 0.25) is 0 Å². The lowest BCUT2D eigenvalue weighted by molar-refractivity contribution is 0.0460. The summed E-state index contributed by atoms with van der Waals surface area (Å²) in [6, 6.07) is 9.05. The van der Waals surface area contributed by atoms with E-state index in [1.165, 1.54) is 0 Å². The fourth-order valence-corrected chi connectivity index (χ4v) is 1.58. The van der Waals surface area contributed by atoms with Gasteiger partial charge in [0.2, 0.25) is 0 Å². The molecule has 0 saturated carbocycles. The van der Waals surface area contributed by atoms with Gasteiger partial charge in [0.15, 0.2) is 0 Å². The van der Waals surface area contributed by atoms with Crippen LogP contribution in [-0.4, -0.2) is 5.11 Å². The highest BCUT2D eigenvalue weighted by atomic mass is 16.3. The number of nitrogens with zero attached hydrogens (tertiary/aromatic N) is 1. The van der Waals surface area contributed by atoms with Crippen LogP contribution in [0.25, 0.3) is 0 Å². The molecule has 0 aliphatic rings. The van der Waals surface area contributed by atoms with Crippen molar-refractivity contribution in [1.29, 1.82) is 5.26 Å². The van der Waals surface area contributed by atoms with Gasteiger partial charge in [-0.3, -0.25) is 0 Å². The van der Waals surface area contributed by atoms with E-state index in [1.807, 2.05) is 6.07 Å². The zero-order valence-electron chi connectivity index (χ0n) is 9.40. The van der Waals surface area contributed by atoms with E-state index in [0.717, 1.165) is 12.0 Å². The summed E-state index contributed by atoms with van der Waals surface area (Å²) in [5.74, 6) is 2.56. The van der Waals surface area contributed by atoms with Crippen LogP contribution >= 0.6 is 0 Å². The second-order valence-electron chi connectivity index (χ2n) is 4.02. The summed E-state index contributed by atoms with van der Waals surface area (Å²) in [6.07, 6.45) is 7.26. The molecule has 82 valence electrons. The highest BCUT2D eigenvalue weighted by Crippen LogP contribution is 2.26. The molecule has 1 atom stereocenters. The minimum absolute atomic E-state index is 0.600. The minimum atomic E-state index is -0.870. The molecule has 1 unspecified atom stereocenters. The molecule has 16 heavy (non-hydrogen) atoms. The molecule has 0 aliphatic heterocycles. The molecule has 0 fully saturated rings. The van der Waals surface area contributed by atoms with Crippen molar-refractivity contribution in [3.63, 3.8) is 0 Å². The third-order valence-electron chi connectivity index (χ3n) is 2.62. The second-order valence-corrected chi connectivity index (χ2v) is 4.02. The lowest BCUT2D eigenvalue weighted by atomic mass is 9.90. The summed E-state index contributed by atoms with van der Waals surface area (Å²) in [7, 11) is 0. The second kappa shape index (κ2) is 5.35. The number of hydrogen-bond acceptors (Lipinski definition) is 2. The number of unbranched alkanes of at least 4 members (excludes halogenated alkanes) is 1. The maximum Gasteiger partial charge on any atom is 0.0991 e. The Morgan fingerprint density at radius 1 is 1.38 bits per heavy atom. The fourth-order valence-electron chi connectivity index (χ4n) is 1.58. The van der Waals surface area contributed by atoms with E-state index < -0.39 is 5.60 Å². The van der Waals surface area contributed by atoms with Gasteiger partial charge < -0.3 is 5.11 Å². The average molecular weight is 213 g/mol. The van der Waals surface area contributed by atoms with E-state index in [1.54, 1.807) is 31.2 Å². The Hall–Kier alpha value is -1.77. The zero-order valence-corrected chi connectivity index (χ0v) is 9.40. The van der Waals surface area contributed by atoms with E-state index in [0.29, 0.717) is 18.4 Å². The summed E-state index contributed by atoms with van der Waals surface area (Å²) in [4.78, 5) is 0. The zero-order chi connectivity index (χ0) is 12.0. The van der Waals surface area contributed by atoms with Crippen molar-refractivity contribution in [1.82, 2.24) is 0 Å². The number of rotatable bonds is 4. The topological polar surface area (TPSA) is 44.0 Å². The molecule has 0 spiro atoms. The van der Waals surface area contributed by atoms with Gasteiger partial charge in [-0.25, -0.2) is 0 Å². The first-order valence-corrected chi connectivity index (χ1v) is 5.26. The normalized spacial score (nSPS) is 13.5. The van der Waals surface area contributed by atoms with E-state index in [2.05, 4.69) is 5.92 Å². The molecular formula is C14H15NO. The van der Waals surface area contributed by atoms with Crippen molar-refractivity contribution < 1.29 is 5.11 Å². The molecule has 0 radical (unpaired) electrons. The molecule has 0 saturated heterocycles. The van der Waals surface area contributed by atoms with Gasteiger partial charge in [0.05, 0.1) is 17.2 Å². The lowest BCUT2D eigenvalue weighted by Crippen LogP contribution is -2.20. The van der Waals surface area contributed by atoms with Crippen molar-refractivity contribution in [2.75, 3.05) is 0 Å².